The molecule has 136 valence electrons. The van der Waals surface area contributed by atoms with Crippen LogP contribution in [0.25, 0.3) is 0 Å². The summed E-state index contributed by atoms with van der Waals surface area (Å²) in [6.07, 6.45) is 0. The van der Waals surface area contributed by atoms with E-state index in [1.807, 2.05) is 38.4 Å². The largest absolute Gasteiger partial charge is 0.454 e. The lowest BCUT2D eigenvalue weighted by atomic mass is 10.1. The normalized spacial score (nSPS) is 12.1. The topological polar surface area (TPSA) is 79.9 Å². The Hall–Kier alpha value is -3.06. The van der Waals surface area contributed by atoms with Crippen molar-refractivity contribution in [3.63, 3.8) is 0 Å². The molecule has 7 heteroatoms. The highest BCUT2D eigenvalue weighted by Crippen LogP contribution is 2.32. The van der Waals surface area contributed by atoms with Gasteiger partial charge in [0.1, 0.15) is 0 Å². The molecule has 0 saturated carbocycles. The number of ether oxygens (including phenoxy) is 2. The number of fused-ring (bicyclic) bond motifs is 1. The molecule has 0 aromatic heterocycles. The first-order valence-corrected chi connectivity index (χ1v) is 8.22. The minimum absolute atomic E-state index is 0.0865. The molecule has 0 atom stereocenters. The van der Waals surface area contributed by atoms with Crippen LogP contribution in [0.15, 0.2) is 42.5 Å². The second kappa shape index (κ2) is 7.88. The van der Waals surface area contributed by atoms with Gasteiger partial charge >= 0.3 is 0 Å². The quantitative estimate of drug-likeness (QED) is 0.827. The van der Waals surface area contributed by atoms with Crippen LogP contribution in [0.3, 0.4) is 0 Å². The molecule has 0 aliphatic carbocycles. The van der Waals surface area contributed by atoms with Crippen molar-refractivity contribution in [3.8, 4) is 11.5 Å². The van der Waals surface area contributed by atoms with Crippen molar-refractivity contribution in [1.29, 1.82) is 0 Å². The Morgan fingerprint density at radius 2 is 1.88 bits per heavy atom. The maximum atomic E-state index is 12.3. The van der Waals surface area contributed by atoms with E-state index in [0.29, 0.717) is 35.8 Å². The van der Waals surface area contributed by atoms with Gasteiger partial charge in [-0.05, 0) is 50.0 Å². The summed E-state index contributed by atoms with van der Waals surface area (Å²) in [4.78, 5) is 25.9. The number of nitrogens with one attached hydrogen (secondary N) is 2. The van der Waals surface area contributed by atoms with E-state index in [4.69, 9.17) is 9.47 Å². The molecule has 0 radical (unpaired) electrons. The van der Waals surface area contributed by atoms with E-state index in [0.717, 1.165) is 5.56 Å². The minimum atomic E-state index is -0.203. The number of rotatable bonds is 6. The maximum Gasteiger partial charge on any atom is 0.251 e. The average Bonchev–Trinajstić information content (AvgIpc) is 3.07. The summed E-state index contributed by atoms with van der Waals surface area (Å²) in [5.74, 6) is 0.924. The third-order valence-corrected chi connectivity index (χ3v) is 3.76. The lowest BCUT2D eigenvalue weighted by Gasteiger charge is -2.11. The molecule has 0 saturated heterocycles. The molecule has 26 heavy (non-hydrogen) atoms. The molecule has 0 spiro atoms. The first-order chi connectivity index (χ1) is 12.5. The van der Waals surface area contributed by atoms with E-state index in [-0.39, 0.29) is 18.6 Å². The monoisotopic (exact) mass is 355 g/mol. The zero-order chi connectivity index (χ0) is 18.5. The molecule has 2 amide bonds. The summed E-state index contributed by atoms with van der Waals surface area (Å²) in [7, 11) is 3.67. The smallest absolute Gasteiger partial charge is 0.251 e. The number of nitrogens with zero attached hydrogens (tertiary/aromatic N) is 1. The zero-order valence-corrected chi connectivity index (χ0v) is 14.7. The van der Waals surface area contributed by atoms with E-state index in [1.165, 1.54) is 0 Å². The van der Waals surface area contributed by atoms with Crippen molar-refractivity contribution >= 4 is 17.5 Å². The van der Waals surface area contributed by atoms with Crippen molar-refractivity contribution in [2.24, 2.45) is 0 Å². The summed E-state index contributed by atoms with van der Waals surface area (Å²) >= 11 is 0. The van der Waals surface area contributed by atoms with Gasteiger partial charge < -0.3 is 25.0 Å². The third-order valence-electron chi connectivity index (χ3n) is 3.76. The van der Waals surface area contributed by atoms with Gasteiger partial charge in [0.25, 0.3) is 5.91 Å². The molecule has 1 aliphatic rings. The predicted octanol–water partition coefficient (Wildman–Crippen LogP) is 1.85. The summed E-state index contributed by atoms with van der Waals surface area (Å²) in [5.41, 5.74) is 2.10. The predicted molar refractivity (Wildman–Crippen MR) is 97.4 cm³/mol. The summed E-state index contributed by atoms with van der Waals surface area (Å²) in [6, 6.07) is 12.5. The van der Waals surface area contributed by atoms with Crippen LogP contribution in [0, 0.1) is 0 Å². The molecule has 3 rings (SSSR count). The van der Waals surface area contributed by atoms with E-state index < -0.39 is 0 Å². The van der Waals surface area contributed by atoms with Gasteiger partial charge in [0.2, 0.25) is 12.7 Å². The first kappa shape index (κ1) is 17.8. The van der Waals surface area contributed by atoms with Gasteiger partial charge in [-0.1, -0.05) is 12.1 Å². The molecule has 0 fully saturated rings. The first-order valence-electron chi connectivity index (χ1n) is 8.22. The highest BCUT2D eigenvalue weighted by atomic mass is 16.7. The molecule has 2 aromatic carbocycles. The molecule has 2 N–H and O–H groups in total. The highest BCUT2D eigenvalue weighted by Gasteiger charge is 2.16. The van der Waals surface area contributed by atoms with E-state index in [2.05, 4.69) is 10.6 Å². The molecule has 1 heterocycles. The summed E-state index contributed by atoms with van der Waals surface area (Å²) in [6.45, 7) is 0.836. The number of carbonyl (C=O) groups excluding carboxylic acids is 2. The molecule has 2 aromatic rings. The van der Waals surface area contributed by atoms with Gasteiger partial charge in [-0.15, -0.1) is 0 Å². The Balaban J connectivity index is 1.58. The Morgan fingerprint density at radius 3 is 2.69 bits per heavy atom. The van der Waals surface area contributed by atoms with Crippen LogP contribution in [-0.4, -0.2) is 44.1 Å². The summed E-state index contributed by atoms with van der Waals surface area (Å²) in [5, 5.41) is 5.70. The third kappa shape index (κ3) is 4.52. The van der Waals surface area contributed by atoms with Crippen LogP contribution >= 0.6 is 0 Å². The number of carbonyl (C=O) groups is 2. The standard InChI is InChI=1S/C19H21N3O4/c1-22(2)11-18(23)21-15-5-3-4-13(8-15)10-20-19(24)14-6-7-16-17(9-14)26-12-25-16/h3-9H,10-12H2,1-2H3,(H,20,24)(H,21,23). The Bertz CT molecular complexity index is 820. The number of hydrogen-bond donors (Lipinski definition) is 2. The van der Waals surface area contributed by atoms with Gasteiger partial charge in [0, 0.05) is 17.8 Å². The number of hydrogen-bond acceptors (Lipinski definition) is 5. The molecular weight excluding hydrogens is 334 g/mol. The molecule has 7 nitrogen and oxygen atoms in total. The van der Waals surface area contributed by atoms with Crippen molar-refractivity contribution in [2.75, 3.05) is 32.7 Å². The van der Waals surface area contributed by atoms with Crippen LogP contribution in [0.1, 0.15) is 15.9 Å². The second-order valence-corrected chi connectivity index (χ2v) is 6.24. The number of benzene rings is 2. The zero-order valence-electron chi connectivity index (χ0n) is 14.7. The highest BCUT2D eigenvalue weighted by molar-refractivity contribution is 5.95. The van der Waals surface area contributed by atoms with Crippen LogP contribution in [0.2, 0.25) is 0 Å². The van der Waals surface area contributed by atoms with Crippen molar-refractivity contribution in [1.82, 2.24) is 10.2 Å². The van der Waals surface area contributed by atoms with Gasteiger partial charge in [-0.3, -0.25) is 9.59 Å². The molecule has 1 aliphatic heterocycles. The summed E-state index contributed by atoms with van der Waals surface area (Å²) < 4.78 is 10.5. The van der Waals surface area contributed by atoms with Gasteiger partial charge in [-0.25, -0.2) is 0 Å². The Morgan fingerprint density at radius 1 is 1.08 bits per heavy atom. The average molecular weight is 355 g/mol. The maximum absolute atomic E-state index is 12.3. The fourth-order valence-electron chi connectivity index (χ4n) is 2.57. The second-order valence-electron chi connectivity index (χ2n) is 6.24. The van der Waals surface area contributed by atoms with Crippen LogP contribution in [0.5, 0.6) is 11.5 Å². The molecular formula is C19H21N3O4. The van der Waals surface area contributed by atoms with E-state index >= 15 is 0 Å². The fourth-order valence-corrected chi connectivity index (χ4v) is 2.57. The molecule has 0 bridgehead atoms. The Kier molecular flexibility index (Phi) is 5.38. The minimum Gasteiger partial charge on any atom is -0.454 e. The Labute approximate surface area is 151 Å². The molecule has 0 unspecified atom stereocenters. The SMILES string of the molecule is CN(C)CC(=O)Nc1cccc(CNC(=O)c2ccc3c(c2)OCO3)c1. The van der Waals surface area contributed by atoms with E-state index in [1.54, 1.807) is 23.1 Å². The fraction of sp³-hybridized carbons (Fsp3) is 0.263. The number of amides is 2. The van der Waals surface area contributed by atoms with Crippen LogP contribution in [0.4, 0.5) is 5.69 Å². The van der Waals surface area contributed by atoms with Crippen molar-refractivity contribution in [3.05, 3.63) is 53.6 Å². The lowest BCUT2D eigenvalue weighted by Crippen LogP contribution is -2.27. The van der Waals surface area contributed by atoms with E-state index in [9.17, 15) is 9.59 Å². The number of anilines is 1. The van der Waals surface area contributed by atoms with Gasteiger partial charge in [-0.2, -0.15) is 0 Å². The van der Waals surface area contributed by atoms with Crippen LogP contribution < -0.4 is 20.1 Å². The van der Waals surface area contributed by atoms with Crippen molar-refractivity contribution < 1.29 is 19.1 Å². The number of likely N-dealkylation sites (N-methyl/N-ethyl adjacent to an activating group) is 1. The van der Waals surface area contributed by atoms with Gasteiger partial charge in [0.05, 0.1) is 6.54 Å². The van der Waals surface area contributed by atoms with Crippen molar-refractivity contribution in [2.45, 2.75) is 6.54 Å². The lowest BCUT2D eigenvalue weighted by molar-refractivity contribution is -0.116. The van der Waals surface area contributed by atoms with Crippen LogP contribution in [-0.2, 0) is 11.3 Å². The van der Waals surface area contributed by atoms with Gasteiger partial charge in [0.15, 0.2) is 11.5 Å².